The second-order valence-corrected chi connectivity index (χ2v) is 11.8. The van der Waals surface area contributed by atoms with Gasteiger partial charge in [0.2, 0.25) is 0 Å². The monoisotopic (exact) mass is 718 g/mol. The van der Waals surface area contributed by atoms with Crippen LogP contribution in [-0.4, -0.2) is 72.7 Å². The molecule has 4 heterocycles. The van der Waals surface area contributed by atoms with E-state index < -0.39 is 59.7 Å². The third kappa shape index (κ3) is 7.93. The predicted molar refractivity (Wildman–Crippen MR) is 173 cm³/mol. The average Bonchev–Trinajstić information content (AvgIpc) is 3.60. The SMILES string of the molecule is C.OC(CC(F)(F)F)c1ccc(N2CCN(c3ccc(-c4ccc(C(F)(F)[C@](O)(Cn5cnnn5)c5ccc(F)cc5F)nc4)cc3)CC2)cn1. The van der Waals surface area contributed by atoms with Crippen molar-refractivity contribution in [3.63, 3.8) is 0 Å². The molecule has 2 atom stereocenters. The summed E-state index contributed by atoms with van der Waals surface area (Å²) in [4.78, 5) is 12.1. The van der Waals surface area contributed by atoms with E-state index in [4.69, 9.17) is 0 Å². The Morgan fingerprint density at radius 2 is 1.41 bits per heavy atom. The fourth-order valence-corrected chi connectivity index (χ4v) is 5.82. The number of aliphatic hydroxyl groups excluding tert-OH is 1. The lowest BCUT2D eigenvalue weighted by atomic mass is 9.84. The maximum atomic E-state index is 16.1. The molecule has 0 amide bonds. The fourth-order valence-electron chi connectivity index (χ4n) is 5.82. The summed E-state index contributed by atoms with van der Waals surface area (Å²) in [5.41, 5.74) is -2.24. The Morgan fingerprint density at radius 1 is 0.765 bits per heavy atom. The summed E-state index contributed by atoms with van der Waals surface area (Å²) in [6.45, 7) is 1.51. The number of piperazine rings is 1. The first-order valence-corrected chi connectivity index (χ1v) is 15.3. The zero-order valence-electron chi connectivity index (χ0n) is 26.0. The van der Waals surface area contributed by atoms with E-state index in [1.807, 2.05) is 17.0 Å². The number of anilines is 2. The topological polar surface area (TPSA) is 116 Å². The van der Waals surface area contributed by atoms with Crippen LogP contribution in [0.1, 0.15) is 36.9 Å². The van der Waals surface area contributed by atoms with E-state index in [2.05, 4.69) is 30.4 Å². The van der Waals surface area contributed by atoms with Crippen LogP contribution in [0.5, 0.6) is 0 Å². The van der Waals surface area contributed by atoms with Gasteiger partial charge in [-0.2, -0.15) is 22.0 Å². The van der Waals surface area contributed by atoms with Crippen molar-refractivity contribution in [2.45, 2.75) is 44.2 Å². The van der Waals surface area contributed by atoms with Crippen molar-refractivity contribution < 1.29 is 40.9 Å². The molecule has 1 aliphatic heterocycles. The van der Waals surface area contributed by atoms with Gasteiger partial charge in [-0.05, 0) is 58.5 Å². The van der Waals surface area contributed by atoms with Crippen LogP contribution < -0.4 is 9.80 Å². The number of rotatable bonds is 10. The van der Waals surface area contributed by atoms with E-state index in [0.29, 0.717) is 43.4 Å². The van der Waals surface area contributed by atoms with Crippen molar-refractivity contribution in [1.82, 2.24) is 30.2 Å². The number of hydrogen-bond donors (Lipinski definition) is 2. The highest BCUT2D eigenvalue weighted by molar-refractivity contribution is 5.66. The lowest BCUT2D eigenvalue weighted by Gasteiger charge is -2.37. The van der Waals surface area contributed by atoms with Crippen LogP contribution in [0.25, 0.3) is 11.1 Å². The molecule has 0 spiro atoms. The Kier molecular flexibility index (Phi) is 10.6. The second-order valence-electron chi connectivity index (χ2n) is 11.8. The molecule has 1 fully saturated rings. The Morgan fingerprint density at radius 3 is 1.96 bits per heavy atom. The molecule has 1 saturated heterocycles. The van der Waals surface area contributed by atoms with Crippen molar-refractivity contribution >= 4 is 11.4 Å². The van der Waals surface area contributed by atoms with Gasteiger partial charge in [-0.3, -0.25) is 9.97 Å². The molecule has 10 nitrogen and oxygen atoms in total. The van der Waals surface area contributed by atoms with Gasteiger partial charge in [0.1, 0.15) is 29.8 Å². The Hall–Kier alpha value is -5.16. The number of halogens is 7. The predicted octanol–water partition coefficient (Wildman–Crippen LogP) is 6.04. The Bertz CT molecular complexity index is 1890. The fraction of sp³-hybridized carbons (Fsp3) is 0.324. The number of aromatic nitrogens is 6. The molecule has 1 aliphatic rings. The van der Waals surface area contributed by atoms with Crippen LogP contribution in [0.2, 0.25) is 0 Å². The maximum Gasteiger partial charge on any atom is 0.391 e. The molecule has 6 rings (SSSR count). The summed E-state index contributed by atoms with van der Waals surface area (Å²) in [6.07, 6.45) is -3.98. The molecule has 0 bridgehead atoms. The number of tetrazole rings is 1. The van der Waals surface area contributed by atoms with Gasteiger partial charge in [0, 0.05) is 55.3 Å². The summed E-state index contributed by atoms with van der Waals surface area (Å²) in [5.74, 6) is -6.58. The van der Waals surface area contributed by atoms with Gasteiger partial charge in [0.25, 0.3) is 0 Å². The number of nitrogens with zero attached hydrogens (tertiary/aromatic N) is 8. The molecular formula is C34H33F7N8O2. The van der Waals surface area contributed by atoms with E-state index in [-0.39, 0.29) is 13.1 Å². The largest absolute Gasteiger partial charge is 0.391 e. The highest BCUT2D eigenvalue weighted by Crippen LogP contribution is 2.47. The van der Waals surface area contributed by atoms with Gasteiger partial charge >= 0.3 is 12.1 Å². The first-order valence-electron chi connectivity index (χ1n) is 15.3. The number of hydrogen-bond acceptors (Lipinski definition) is 9. The van der Waals surface area contributed by atoms with Crippen LogP contribution in [0, 0.1) is 11.6 Å². The lowest BCUT2D eigenvalue weighted by molar-refractivity contribution is -0.207. The van der Waals surface area contributed by atoms with Gasteiger partial charge in [0.05, 0.1) is 30.5 Å². The van der Waals surface area contributed by atoms with E-state index in [9.17, 15) is 32.2 Å². The average molecular weight is 719 g/mol. The third-order valence-corrected chi connectivity index (χ3v) is 8.51. The minimum absolute atomic E-state index is 0. The minimum atomic E-state index is -4.50. The lowest BCUT2D eigenvalue weighted by Crippen LogP contribution is -2.48. The van der Waals surface area contributed by atoms with E-state index in [0.717, 1.165) is 40.6 Å². The van der Waals surface area contributed by atoms with Crippen LogP contribution in [0.4, 0.5) is 42.1 Å². The normalized spacial score (nSPS) is 15.6. The van der Waals surface area contributed by atoms with Gasteiger partial charge in [-0.1, -0.05) is 25.6 Å². The van der Waals surface area contributed by atoms with Gasteiger partial charge in [-0.25, -0.2) is 13.5 Å². The molecule has 3 aromatic heterocycles. The number of aliphatic hydroxyl groups is 2. The second kappa shape index (κ2) is 14.6. The van der Waals surface area contributed by atoms with E-state index >= 15 is 8.78 Å². The van der Waals surface area contributed by atoms with Crippen molar-refractivity contribution in [1.29, 1.82) is 0 Å². The van der Waals surface area contributed by atoms with Crippen LogP contribution in [0.3, 0.4) is 0 Å². The van der Waals surface area contributed by atoms with Crippen LogP contribution >= 0.6 is 0 Å². The smallest absolute Gasteiger partial charge is 0.386 e. The summed E-state index contributed by atoms with van der Waals surface area (Å²) >= 11 is 0. The van der Waals surface area contributed by atoms with Crippen molar-refractivity contribution in [3.8, 4) is 11.1 Å². The zero-order valence-corrected chi connectivity index (χ0v) is 26.0. The highest BCUT2D eigenvalue weighted by Gasteiger charge is 2.58. The van der Waals surface area contributed by atoms with Crippen LogP contribution in [0.15, 0.2) is 85.5 Å². The summed E-state index contributed by atoms with van der Waals surface area (Å²) < 4.78 is 99.2. The quantitative estimate of drug-likeness (QED) is 0.167. The summed E-state index contributed by atoms with van der Waals surface area (Å²) in [6, 6.07) is 14.7. The third-order valence-electron chi connectivity index (χ3n) is 8.51. The van der Waals surface area contributed by atoms with Gasteiger partial charge in [0.15, 0.2) is 5.60 Å². The van der Waals surface area contributed by atoms with Gasteiger partial charge < -0.3 is 20.0 Å². The van der Waals surface area contributed by atoms with Crippen LogP contribution in [-0.2, 0) is 18.1 Å². The molecule has 0 radical (unpaired) electrons. The summed E-state index contributed by atoms with van der Waals surface area (Å²) in [7, 11) is 0. The number of alkyl halides is 5. The number of pyridine rings is 2. The molecule has 2 aromatic carbocycles. The summed E-state index contributed by atoms with van der Waals surface area (Å²) in [5, 5.41) is 31.4. The first kappa shape index (κ1) is 37.1. The molecule has 2 N–H and O–H groups in total. The van der Waals surface area contributed by atoms with E-state index in [1.165, 1.54) is 24.5 Å². The van der Waals surface area contributed by atoms with Crippen molar-refractivity contribution in [2.75, 3.05) is 36.0 Å². The molecule has 0 saturated carbocycles. The molecular weight excluding hydrogens is 685 g/mol. The first-order chi connectivity index (χ1) is 23.7. The number of benzene rings is 2. The van der Waals surface area contributed by atoms with Crippen molar-refractivity contribution in [3.05, 3.63) is 114 Å². The highest BCUT2D eigenvalue weighted by atomic mass is 19.4. The molecule has 5 aromatic rings. The maximum absolute atomic E-state index is 16.1. The molecule has 17 heteroatoms. The minimum Gasteiger partial charge on any atom is -0.386 e. The van der Waals surface area contributed by atoms with Gasteiger partial charge in [-0.15, -0.1) is 5.10 Å². The molecule has 0 aliphatic carbocycles. The standard InChI is InChI=1S/C33H29F7N8O2.CH4/c34-23-4-8-26(27(35)15-23)31(50,19-48-20-43-44-45-48)33(39,40)30-10-3-22(17-42-30)21-1-5-24(6-2-21)46-11-13-47(14-12-46)25-7-9-28(41-18-25)29(49)16-32(36,37)38;/h1-10,15,17-18,20,29,49-50H,11-14,16,19H2;1H4/t29?,31-;/m0./s1. The Labute approximate surface area is 287 Å². The Balaban J connectivity index is 0.00000504. The molecule has 270 valence electrons. The van der Waals surface area contributed by atoms with E-state index in [1.54, 1.807) is 18.2 Å². The van der Waals surface area contributed by atoms with Crippen molar-refractivity contribution in [2.24, 2.45) is 0 Å². The molecule has 1 unspecified atom stereocenters. The molecule has 51 heavy (non-hydrogen) atoms. The zero-order chi connectivity index (χ0) is 35.7.